The Labute approximate surface area is 108 Å². The van der Waals surface area contributed by atoms with Gasteiger partial charge in [-0.25, -0.2) is 4.79 Å². The first-order chi connectivity index (χ1) is 8.00. The molecule has 0 saturated carbocycles. The maximum absolute atomic E-state index is 11.1. The van der Waals surface area contributed by atoms with Crippen LogP contribution in [-0.4, -0.2) is 15.6 Å². The van der Waals surface area contributed by atoms with Crippen molar-refractivity contribution in [3.8, 4) is 5.69 Å². The van der Waals surface area contributed by atoms with E-state index in [4.69, 9.17) is 5.11 Å². The van der Waals surface area contributed by atoms with E-state index in [-0.39, 0.29) is 0 Å². The zero-order valence-electron chi connectivity index (χ0n) is 9.57. The third-order valence-electron chi connectivity index (χ3n) is 2.75. The number of hydrogen-bond acceptors (Lipinski definition) is 1. The topological polar surface area (TPSA) is 42.2 Å². The number of aromatic carboxylic acids is 1. The van der Waals surface area contributed by atoms with Crippen molar-refractivity contribution in [2.45, 2.75) is 13.8 Å². The Hall–Kier alpha value is -1.55. The van der Waals surface area contributed by atoms with Gasteiger partial charge in [0.25, 0.3) is 0 Å². The van der Waals surface area contributed by atoms with Crippen molar-refractivity contribution < 1.29 is 9.90 Å². The molecule has 2 aromatic rings. The highest BCUT2D eigenvalue weighted by atomic mass is 79.9. The predicted molar refractivity (Wildman–Crippen MR) is 69.9 cm³/mol. The van der Waals surface area contributed by atoms with Crippen molar-refractivity contribution >= 4 is 21.9 Å². The van der Waals surface area contributed by atoms with Gasteiger partial charge in [0.15, 0.2) is 0 Å². The number of benzene rings is 1. The van der Waals surface area contributed by atoms with E-state index in [1.165, 1.54) is 0 Å². The number of carboxylic acid groups (broad SMARTS) is 1. The van der Waals surface area contributed by atoms with Crippen LogP contribution < -0.4 is 0 Å². The highest BCUT2D eigenvalue weighted by molar-refractivity contribution is 9.10. The summed E-state index contributed by atoms with van der Waals surface area (Å²) in [5.41, 5.74) is 2.99. The number of halogens is 1. The Morgan fingerprint density at radius 3 is 2.29 bits per heavy atom. The first-order valence-electron chi connectivity index (χ1n) is 5.19. The molecule has 17 heavy (non-hydrogen) atoms. The summed E-state index contributed by atoms with van der Waals surface area (Å²) in [6, 6.07) is 9.48. The van der Waals surface area contributed by atoms with Crippen molar-refractivity contribution in [2.75, 3.05) is 0 Å². The molecule has 88 valence electrons. The van der Waals surface area contributed by atoms with Crippen LogP contribution in [0, 0.1) is 13.8 Å². The summed E-state index contributed by atoms with van der Waals surface area (Å²) in [7, 11) is 0. The van der Waals surface area contributed by atoms with Gasteiger partial charge in [-0.3, -0.25) is 0 Å². The van der Waals surface area contributed by atoms with E-state index >= 15 is 0 Å². The molecule has 0 aliphatic heterocycles. The Bertz CT molecular complexity index is 570. The second kappa shape index (κ2) is 4.37. The summed E-state index contributed by atoms with van der Waals surface area (Å²) in [5, 5.41) is 9.07. The van der Waals surface area contributed by atoms with E-state index in [1.807, 2.05) is 42.7 Å². The van der Waals surface area contributed by atoms with Gasteiger partial charge in [0.2, 0.25) is 0 Å². The number of aromatic nitrogens is 1. The fourth-order valence-corrected chi connectivity index (χ4v) is 2.23. The van der Waals surface area contributed by atoms with Gasteiger partial charge in [-0.1, -0.05) is 15.9 Å². The van der Waals surface area contributed by atoms with Crippen LogP contribution in [0.5, 0.6) is 0 Å². The maximum atomic E-state index is 11.1. The van der Waals surface area contributed by atoms with E-state index in [0.717, 1.165) is 21.5 Å². The summed E-state index contributed by atoms with van der Waals surface area (Å²) in [6.45, 7) is 3.72. The van der Waals surface area contributed by atoms with Gasteiger partial charge in [0.05, 0.1) is 5.56 Å². The molecule has 0 fully saturated rings. The largest absolute Gasteiger partial charge is 0.478 e. The Balaban J connectivity index is 2.59. The fraction of sp³-hybridized carbons (Fsp3) is 0.154. The minimum atomic E-state index is -0.888. The molecule has 4 heteroatoms. The molecule has 1 aromatic carbocycles. The van der Waals surface area contributed by atoms with Crippen molar-refractivity contribution in [1.82, 2.24) is 4.57 Å². The van der Waals surface area contributed by atoms with Gasteiger partial charge in [-0.2, -0.15) is 0 Å². The molecule has 0 atom stereocenters. The first-order valence-corrected chi connectivity index (χ1v) is 5.98. The van der Waals surface area contributed by atoms with Crippen LogP contribution in [0.25, 0.3) is 5.69 Å². The second-order valence-corrected chi connectivity index (χ2v) is 4.82. The third kappa shape index (κ3) is 2.13. The number of carboxylic acids is 1. The van der Waals surface area contributed by atoms with Crippen molar-refractivity contribution in [3.05, 3.63) is 51.8 Å². The van der Waals surface area contributed by atoms with E-state index < -0.39 is 5.97 Å². The molecule has 0 aliphatic carbocycles. The summed E-state index contributed by atoms with van der Waals surface area (Å²) in [6.07, 6.45) is 0. The highest BCUT2D eigenvalue weighted by Crippen LogP contribution is 2.22. The highest BCUT2D eigenvalue weighted by Gasteiger charge is 2.15. The second-order valence-electron chi connectivity index (χ2n) is 3.90. The van der Waals surface area contributed by atoms with Gasteiger partial charge in [-0.05, 0) is 44.2 Å². The fourth-order valence-electron chi connectivity index (χ4n) is 1.97. The van der Waals surface area contributed by atoms with Crippen LogP contribution in [0.3, 0.4) is 0 Å². The summed E-state index contributed by atoms with van der Waals surface area (Å²) < 4.78 is 2.94. The first kappa shape index (κ1) is 11.9. The van der Waals surface area contributed by atoms with Gasteiger partial charge >= 0.3 is 5.97 Å². The number of aryl methyl sites for hydroxylation is 1. The minimum Gasteiger partial charge on any atom is -0.478 e. The Morgan fingerprint density at radius 2 is 1.82 bits per heavy atom. The lowest BCUT2D eigenvalue weighted by Gasteiger charge is -2.09. The van der Waals surface area contributed by atoms with E-state index in [1.54, 1.807) is 6.07 Å². The monoisotopic (exact) mass is 293 g/mol. The third-order valence-corrected chi connectivity index (χ3v) is 3.28. The average molecular weight is 294 g/mol. The van der Waals surface area contributed by atoms with Gasteiger partial charge < -0.3 is 9.67 Å². The zero-order chi connectivity index (χ0) is 12.6. The Kier molecular flexibility index (Phi) is 3.07. The molecule has 0 spiro atoms. The molecule has 0 saturated heterocycles. The quantitative estimate of drug-likeness (QED) is 0.920. The summed E-state index contributed by atoms with van der Waals surface area (Å²) in [4.78, 5) is 11.1. The molecule has 0 radical (unpaired) electrons. The molecule has 1 heterocycles. The summed E-state index contributed by atoms with van der Waals surface area (Å²) >= 11 is 3.38. The molecule has 0 aliphatic rings. The van der Waals surface area contributed by atoms with Crippen LogP contribution in [0.2, 0.25) is 0 Å². The normalized spacial score (nSPS) is 10.5. The van der Waals surface area contributed by atoms with Crippen LogP contribution in [0.4, 0.5) is 0 Å². The van der Waals surface area contributed by atoms with Gasteiger partial charge in [-0.15, -0.1) is 0 Å². The van der Waals surface area contributed by atoms with Crippen LogP contribution >= 0.6 is 15.9 Å². The van der Waals surface area contributed by atoms with Crippen LogP contribution in [-0.2, 0) is 0 Å². The number of carbonyl (C=O) groups is 1. The van der Waals surface area contributed by atoms with Crippen LogP contribution in [0.1, 0.15) is 21.7 Å². The zero-order valence-corrected chi connectivity index (χ0v) is 11.2. The lowest BCUT2D eigenvalue weighted by Crippen LogP contribution is -2.02. The van der Waals surface area contributed by atoms with Gasteiger partial charge in [0, 0.05) is 21.5 Å². The molecular formula is C13H12BrNO2. The average Bonchev–Trinajstić information content (AvgIpc) is 2.56. The molecule has 2 rings (SSSR count). The molecule has 0 bridgehead atoms. The van der Waals surface area contributed by atoms with E-state index in [0.29, 0.717) is 5.56 Å². The molecule has 3 nitrogen and oxygen atoms in total. The number of nitrogens with zero attached hydrogens (tertiary/aromatic N) is 1. The smallest absolute Gasteiger partial charge is 0.337 e. The standard InChI is InChI=1S/C13H12BrNO2/c1-8-7-12(13(16)17)9(2)15(8)11-5-3-10(14)4-6-11/h3-7H,1-2H3,(H,16,17). The van der Waals surface area contributed by atoms with Crippen molar-refractivity contribution in [3.63, 3.8) is 0 Å². The number of rotatable bonds is 2. The van der Waals surface area contributed by atoms with Gasteiger partial charge in [0.1, 0.15) is 0 Å². The maximum Gasteiger partial charge on any atom is 0.337 e. The lowest BCUT2D eigenvalue weighted by molar-refractivity contribution is 0.0696. The molecule has 1 aromatic heterocycles. The minimum absolute atomic E-state index is 0.352. The molecule has 0 amide bonds. The SMILES string of the molecule is Cc1cc(C(=O)O)c(C)n1-c1ccc(Br)cc1. The lowest BCUT2D eigenvalue weighted by atomic mass is 10.2. The molecule has 0 unspecified atom stereocenters. The van der Waals surface area contributed by atoms with E-state index in [9.17, 15) is 4.79 Å². The molecular weight excluding hydrogens is 282 g/mol. The summed E-state index contributed by atoms with van der Waals surface area (Å²) in [5.74, 6) is -0.888. The Morgan fingerprint density at radius 1 is 1.24 bits per heavy atom. The number of hydrogen-bond donors (Lipinski definition) is 1. The van der Waals surface area contributed by atoms with Crippen molar-refractivity contribution in [1.29, 1.82) is 0 Å². The molecule has 1 N–H and O–H groups in total. The van der Waals surface area contributed by atoms with Crippen molar-refractivity contribution in [2.24, 2.45) is 0 Å². The predicted octanol–water partition coefficient (Wildman–Crippen LogP) is 3.55. The van der Waals surface area contributed by atoms with Crippen LogP contribution in [0.15, 0.2) is 34.8 Å². The van der Waals surface area contributed by atoms with E-state index in [2.05, 4.69) is 15.9 Å².